The van der Waals surface area contributed by atoms with Gasteiger partial charge in [0.25, 0.3) is 0 Å². The second-order valence-corrected chi connectivity index (χ2v) is 4.13. The number of hydrogen-bond acceptors (Lipinski definition) is 3. The van der Waals surface area contributed by atoms with Gasteiger partial charge in [0.05, 0.1) is 11.6 Å². The lowest BCUT2D eigenvalue weighted by Crippen LogP contribution is -2.52. The molecule has 1 heterocycles. The van der Waals surface area contributed by atoms with Crippen molar-refractivity contribution in [1.29, 1.82) is 0 Å². The lowest BCUT2D eigenvalue weighted by molar-refractivity contribution is -0.126. The van der Waals surface area contributed by atoms with Crippen LogP contribution in [0.3, 0.4) is 0 Å². The average Bonchev–Trinajstić information content (AvgIpc) is 2.62. The van der Waals surface area contributed by atoms with Crippen LogP contribution in [-0.4, -0.2) is 35.7 Å². The van der Waals surface area contributed by atoms with Gasteiger partial charge >= 0.3 is 0 Å². The van der Waals surface area contributed by atoms with Crippen LogP contribution in [0.2, 0.25) is 0 Å². The Morgan fingerprint density at radius 1 is 1.71 bits per heavy atom. The molecule has 4 nitrogen and oxygen atoms in total. The molecule has 0 radical (unpaired) electrons. The zero-order valence-corrected chi connectivity index (χ0v) is 8.97. The summed E-state index contributed by atoms with van der Waals surface area (Å²) in [5.41, 5.74) is -0.423. The van der Waals surface area contributed by atoms with Gasteiger partial charge in [-0.2, -0.15) is 0 Å². The highest BCUT2D eigenvalue weighted by atomic mass is 16.3. The minimum absolute atomic E-state index is 0.00231. The van der Waals surface area contributed by atoms with E-state index >= 15 is 0 Å². The van der Waals surface area contributed by atoms with Crippen LogP contribution in [0.1, 0.15) is 33.1 Å². The fourth-order valence-corrected chi connectivity index (χ4v) is 1.64. The molecular weight excluding hydrogens is 180 g/mol. The number of carbonyl (C=O) groups is 1. The van der Waals surface area contributed by atoms with Crippen LogP contribution in [0, 0.1) is 0 Å². The highest BCUT2D eigenvalue weighted by Crippen LogP contribution is 2.18. The van der Waals surface area contributed by atoms with E-state index in [1.807, 2.05) is 13.8 Å². The fourth-order valence-electron chi connectivity index (χ4n) is 1.64. The summed E-state index contributed by atoms with van der Waals surface area (Å²) in [7, 11) is 0. The molecule has 2 atom stereocenters. The molecule has 0 spiro atoms. The van der Waals surface area contributed by atoms with Gasteiger partial charge in [0.2, 0.25) is 5.91 Å². The highest BCUT2D eigenvalue weighted by Gasteiger charge is 2.35. The first-order valence-corrected chi connectivity index (χ1v) is 5.30. The van der Waals surface area contributed by atoms with E-state index in [0.29, 0.717) is 13.0 Å². The molecule has 82 valence electrons. The summed E-state index contributed by atoms with van der Waals surface area (Å²) in [6.07, 6.45) is 2.16. The van der Waals surface area contributed by atoms with Gasteiger partial charge in [-0.15, -0.1) is 0 Å². The van der Waals surface area contributed by atoms with Crippen molar-refractivity contribution >= 4 is 5.91 Å². The minimum atomic E-state index is -0.427. The lowest BCUT2D eigenvalue weighted by atomic mass is 9.99. The summed E-state index contributed by atoms with van der Waals surface area (Å²) >= 11 is 0. The predicted octanol–water partition coefficient (Wildman–Crippen LogP) is 0.0156. The highest BCUT2D eigenvalue weighted by molar-refractivity contribution is 5.86. The second-order valence-electron chi connectivity index (χ2n) is 4.13. The first-order valence-electron chi connectivity index (χ1n) is 5.30. The van der Waals surface area contributed by atoms with E-state index in [4.69, 9.17) is 0 Å². The van der Waals surface area contributed by atoms with E-state index in [0.717, 1.165) is 19.4 Å². The average molecular weight is 200 g/mol. The molecule has 1 saturated heterocycles. The minimum Gasteiger partial charge on any atom is -0.391 e. The maximum Gasteiger partial charge on any atom is 0.240 e. The van der Waals surface area contributed by atoms with Gasteiger partial charge in [0.1, 0.15) is 0 Å². The van der Waals surface area contributed by atoms with E-state index in [9.17, 15) is 9.90 Å². The van der Waals surface area contributed by atoms with Crippen LogP contribution in [0.25, 0.3) is 0 Å². The van der Waals surface area contributed by atoms with Crippen molar-refractivity contribution in [3.05, 3.63) is 0 Å². The summed E-state index contributed by atoms with van der Waals surface area (Å²) in [6.45, 7) is 5.06. The molecule has 0 aromatic carbocycles. The molecule has 0 aromatic rings. The number of amides is 1. The third-order valence-electron chi connectivity index (χ3n) is 2.84. The van der Waals surface area contributed by atoms with Gasteiger partial charge in [0, 0.05) is 6.54 Å². The largest absolute Gasteiger partial charge is 0.391 e. The van der Waals surface area contributed by atoms with Crippen molar-refractivity contribution in [1.82, 2.24) is 10.6 Å². The molecular formula is C10H20N2O2. The molecule has 1 fully saturated rings. The van der Waals surface area contributed by atoms with Gasteiger partial charge in [-0.1, -0.05) is 6.92 Å². The number of nitrogens with one attached hydrogen (secondary N) is 2. The number of hydrogen-bond donors (Lipinski definition) is 3. The normalized spacial score (nSPS) is 28.8. The maximum absolute atomic E-state index is 11.7. The SMILES string of the molecule is CCC(O)CNC(=O)C1(C)CCCN1. The Labute approximate surface area is 85.1 Å². The molecule has 1 aliphatic heterocycles. The first kappa shape index (κ1) is 11.5. The van der Waals surface area contributed by atoms with E-state index in [2.05, 4.69) is 10.6 Å². The maximum atomic E-state index is 11.7. The van der Waals surface area contributed by atoms with Crippen LogP contribution in [0.15, 0.2) is 0 Å². The number of aliphatic hydroxyl groups excluding tert-OH is 1. The van der Waals surface area contributed by atoms with Gasteiger partial charge in [-0.05, 0) is 32.7 Å². The molecule has 14 heavy (non-hydrogen) atoms. The fraction of sp³-hybridized carbons (Fsp3) is 0.900. The molecule has 0 aliphatic carbocycles. The van der Waals surface area contributed by atoms with Crippen molar-refractivity contribution in [2.45, 2.75) is 44.8 Å². The van der Waals surface area contributed by atoms with Crippen molar-refractivity contribution in [2.24, 2.45) is 0 Å². The third-order valence-corrected chi connectivity index (χ3v) is 2.84. The van der Waals surface area contributed by atoms with Crippen molar-refractivity contribution in [2.75, 3.05) is 13.1 Å². The summed E-state index contributed by atoms with van der Waals surface area (Å²) in [6, 6.07) is 0. The first-order chi connectivity index (χ1) is 6.58. The summed E-state index contributed by atoms with van der Waals surface area (Å²) < 4.78 is 0. The molecule has 1 aliphatic rings. The predicted molar refractivity (Wildman–Crippen MR) is 54.9 cm³/mol. The second kappa shape index (κ2) is 4.75. The van der Waals surface area contributed by atoms with Gasteiger partial charge < -0.3 is 15.7 Å². The lowest BCUT2D eigenvalue weighted by Gasteiger charge is -2.23. The molecule has 3 N–H and O–H groups in total. The van der Waals surface area contributed by atoms with Gasteiger partial charge in [-0.25, -0.2) is 0 Å². The van der Waals surface area contributed by atoms with Gasteiger partial charge in [-0.3, -0.25) is 4.79 Å². The zero-order valence-electron chi connectivity index (χ0n) is 8.97. The summed E-state index contributed by atoms with van der Waals surface area (Å²) in [4.78, 5) is 11.7. The van der Waals surface area contributed by atoms with E-state index in [1.54, 1.807) is 0 Å². The Morgan fingerprint density at radius 2 is 2.43 bits per heavy atom. The van der Waals surface area contributed by atoms with Crippen molar-refractivity contribution in [3.63, 3.8) is 0 Å². The monoisotopic (exact) mass is 200 g/mol. The molecule has 0 aromatic heterocycles. The van der Waals surface area contributed by atoms with Crippen LogP contribution in [0.4, 0.5) is 0 Å². The standard InChI is InChI=1S/C10H20N2O2/c1-3-8(13)7-11-9(14)10(2)5-4-6-12-10/h8,12-13H,3-7H2,1-2H3,(H,11,14). The topological polar surface area (TPSA) is 61.4 Å². The third kappa shape index (κ3) is 2.69. The quantitative estimate of drug-likeness (QED) is 0.599. The van der Waals surface area contributed by atoms with Crippen LogP contribution in [-0.2, 0) is 4.79 Å². The van der Waals surface area contributed by atoms with Gasteiger partial charge in [0.15, 0.2) is 0 Å². The Kier molecular flexibility index (Phi) is 3.89. The van der Waals surface area contributed by atoms with E-state index in [-0.39, 0.29) is 5.91 Å². The molecule has 0 bridgehead atoms. The van der Waals surface area contributed by atoms with E-state index < -0.39 is 11.6 Å². The molecule has 2 unspecified atom stereocenters. The van der Waals surface area contributed by atoms with Crippen LogP contribution in [0.5, 0.6) is 0 Å². The zero-order chi connectivity index (χ0) is 10.6. The Morgan fingerprint density at radius 3 is 2.93 bits per heavy atom. The van der Waals surface area contributed by atoms with Crippen LogP contribution >= 0.6 is 0 Å². The Bertz CT molecular complexity index is 200. The molecule has 4 heteroatoms. The number of rotatable bonds is 4. The molecule has 0 saturated carbocycles. The number of carbonyl (C=O) groups excluding carboxylic acids is 1. The number of aliphatic hydroxyl groups is 1. The smallest absolute Gasteiger partial charge is 0.240 e. The van der Waals surface area contributed by atoms with Crippen molar-refractivity contribution < 1.29 is 9.90 Å². The Hall–Kier alpha value is -0.610. The van der Waals surface area contributed by atoms with Crippen LogP contribution < -0.4 is 10.6 Å². The Balaban J connectivity index is 2.34. The molecule has 1 amide bonds. The summed E-state index contributed by atoms with van der Waals surface area (Å²) in [5.74, 6) is 0.00231. The summed E-state index contributed by atoms with van der Waals surface area (Å²) in [5, 5.41) is 15.2. The van der Waals surface area contributed by atoms with Crippen molar-refractivity contribution in [3.8, 4) is 0 Å². The molecule has 1 rings (SSSR count). The van der Waals surface area contributed by atoms with E-state index in [1.165, 1.54) is 0 Å².